The molecule has 1 aliphatic heterocycles. The summed E-state index contributed by atoms with van der Waals surface area (Å²) in [5, 5.41) is 15.3. The van der Waals surface area contributed by atoms with Gasteiger partial charge in [0.1, 0.15) is 12.1 Å². The number of hydrogen-bond donors (Lipinski definition) is 2. The van der Waals surface area contributed by atoms with E-state index in [2.05, 4.69) is 54.4 Å². The smallest absolute Gasteiger partial charge is 0.226 e. The Kier molecular flexibility index (Phi) is 5.88. The van der Waals surface area contributed by atoms with Crippen LogP contribution in [0.15, 0.2) is 39.9 Å². The molecule has 8 heteroatoms. The van der Waals surface area contributed by atoms with E-state index in [9.17, 15) is 0 Å². The van der Waals surface area contributed by atoms with Crippen LogP contribution in [-0.2, 0) is 26.1 Å². The standard InChI is InChI=1S/C21H27N7O/c1-15-7-9-16(10-8-15)20-25-17(14-29-20)12-23-21(22-2)24-13-19-27-26-18-6-4-3-5-11-28(18)19/h7-10,14H,3-6,11-13H2,1-2H3,(H2,22,23,24). The van der Waals surface area contributed by atoms with E-state index in [1.165, 1.54) is 24.8 Å². The number of hydrogen-bond acceptors (Lipinski definition) is 5. The normalized spacial score (nSPS) is 14.3. The van der Waals surface area contributed by atoms with Gasteiger partial charge in [0, 0.05) is 25.6 Å². The molecular formula is C21H27N7O. The molecule has 0 fully saturated rings. The minimum absolute atomic E-state index is 0.521. The number of benzene rings is 1. The molecule has 4 rings (SSSR count). The van der Waals surface area contributed by atoms with Gasteiger partial charge in [-0.15, -0.1) is 10.2 Å². The van der Waals surface area contributed by atoms with Gasteiger partial charge in [0.05, 0.1) is 18.8 Å². The van der Waals surface area contributed by atoms with Crippen molar-refractivity contribution in [1.82, 2.24) is 30.4 Å². The third kappa shape index (κ3) is 4.64. The summed E-state index contributed by atoms with van der Waals surface area (Å²) in [6.45, 7) is 4.16. The van der Waals surface area contributed by atoms with Crippen molar-refractivity contribution in [2.75, 3.05) is 7.05 Å². The lowest BCUT2D eigenvalue weighted by atomic mass is 10.1. The highest BCUT2D eigenvalue weighted by molar-refractivity contribution is 5.79. The first kappa shape index (κ1) is 19.2. The van der Waals surface area contributed by atoms with Crippen molar-refractivity contribution < 1.29 is 4.42 Å². The highest BCUT2D eigenvalue weighted by Gasteiger charge is 2.15. The van der Waals surface area contributed by atoms with Gasteiger partial charge in [0.2, 0.25) is 5.89 Å². The lowest BCUT2D eigenvalue weighted by Crippen LogP contribution is -2.37. The van der Waals surface area contributed by atoms with Crippen molar-refractivity contribution in [3.63, 3.8) is 0 Å². The van der Waals surface area contributed by atoms with Crippen LogP contribution in [0.4, 0.5) is 0 Å². The number of oxazole rings is 1. The van der Waals surface area contributed by atoms with Gasteiger partial charge in [-0.2, -0.15) is 0 Å². The zero-order valence-electron chi connectivity index (χ0n) is 17.0. The van der Waals surface area contributed by atoms with Crippen LogP contribution in [0.3, 0.4) is 0 Å². The van der Waals surface area contributed by atoms with Gasteiger partial charge in [0.25, 0.3) is 0 Å². The van der Waals surface area contributed by atoms with Crippen LogP contribution < -0.4 is 10.6 Å². The summed E-state index contributed by atoms with van der Waals surface area (Å²) in [6.07, 6.45) is 6.31. The van der Waals surface area contributed by atoms with E-state index in [1.807, 2.05) is 12.1 Å². The molecule has 0 bridgehead atoms. The maximum absolute atomic E-state index is 5.62. The summed E-state index contributed by atoms with van der Waals surface area (Å²) in [7, 11) is 1.75. The molecule has 3 aromatic rings. The highest BCUT2D eigenvalue weighted by Crippen LogP contribution is 2.19. The summed E-state index contributed by atoms with van der Waals surface area (Å²) in [5.74, 6) is 3.35. The van der Waals surface area contributed by atoms with E-state index in [1.54, 1.807) is 13.3 Å². The van der Waals surface area contributed by atoms with Crippen molar-refractivity contribution in [3.05, 3.63) is 53.4 Å². The van der Waals surface area contributed by atoms with E-state index in [-0.39, 0.29) is 0 Å². The molecule has 0 amide bonds. The molecule has 0 aliphatic carbocycles. The maximum Gasteiger partial charge on any atom is 0.226 e. The second kappa shape index (κ2) is 8.89. The van der Waals surface area contributed by atoms with Crippen LogP contribution >= 0.6 is 0 Å². The zero-order valence-corrected chi connectivity index (χ0v) is 17.0. The summed E-state index contributed by atoms with van der Waals surface area (Å²) < 4.78 is 7.85. The summed E-state index contributed by atoms with van der Waals surface area (Å²) in [5.41, 5.74) is 3.00. The van der Waals surface area contributed by atoms with Crippen LogP contribution in [-0.4, -0.2) is 32.8 Å². The van der Waals surface area contributed by atoms with Crippen molar-refractivity contribution >= 4 is 5.96 Å². The Morgan fingerprint density at radius 1 is 1.10 bits per heavy atom. The summed E-state index contributed by atoms with van der Waals surface area (Å²) in [6, 6.07) is 8.13. The molecule has 0 radical (unpaired) electrons. The van der Waals surface area contributed by atoms with Gasteiger partial charge in [-0.25, -0.2) is 4.98 Å². The van der Waals surface area contributed by atoms with Gasteiger partial charge in [-0.3, -0.25) is 4.99 Å². The van der Waals surface area contributed by atoms with Crippen LogP contribution in [0.5, 0.6) is 0 Å². The van der Waals surface area contributed by atoms with Gasteiger partial charge >= 0.3 is 0 Å². The quantitative estimate of drug-likeness (QED) is 0.511. The Hall–Kier alpha value is -3.16. The molecule has 1 aromatic carbocycles. The molecule has 29 heavy (non-hydrogen) atoms. The zero-order chi connectivity index (χ0) is 20.1. The Bertz CT molecular complexity index is 971. The number of guanidine groups is 1. The first-order valence-electron chi connectivity index (χ1n) is 10.1. The fourth-order valence-corrected chi connectivity index (χ4v) is 3.45. The third-order valence-corrected chi connectivity index (χ3v) is 5.11. The lowest BCUT2D eigenvalue weighted by molar-refractivity contribution is 0.572. The predicted molar refractivity (Wildman–Crippen MR) is 111 cm³/mol. The molecule has 0 atom stereocenters. The van der Waals surface area contributed by atoms with Gasteiger partial charge in [-0.1, -0.05) is 24.1 Å². The highest BCUT2D eigenvalue weighted by atomic mass is 16.3. The monoisotopic (exact) mass is 393 g/mol. The largest absolute Gasteiger partial charge is 0.444 e. The van der Waals surface area contributed by atoms with Gasteiger partial charge in [-0.05, 0) is 31.9 Å². The number of nitrogens with one attached hydrogen (secondary N) is 2. The van der Waals surface area contributed by atoms with E-state index in [0.717, 1.165) is 35.9 Å². The summed E-state index contributed by atoms with van der Waals surface area (Å²) >= 11 is 0. The maximum atomic E-state index is 5.62. The predicted octanol–water partition coefficient (Wildman–Crippen LogP) is 2.83. The number of nitrogens with zero attached hydrogens (tertiary/aromatic N) is 5. The molecule has 2 aromatic heterocycles. The third-order valence-electron chi connectivity index (χ3n) is 5.11. The average molecular weight is 393 g/mol. The van der Waals surface area contributed by atoms with Crippen molar-refractivity contribution in [2.24, 2.45) is 4.99 Å². The Morgan fingerprint density at radius 3 is 2.76 bits per heavy atom. The molecular weight excluding hydrogens is 366 g/mol. The molecule has 0 saturated carbocycles. The van der Waals surface area contributed by atoms with Crippen LogP contribution in [0.2, 0.25) is 0 Å². The van der Waals surface area contributed by atoms with Crippen molar-refractivity contribution in [3.8, 4) is 11.5 Å². The first-order valence-corrected chi connectivity index (χ1v) is 10.1. The number of aryl methyl sites for hydroxylation is 2. The Balaban J connectivity index is 1.32. The molecule has 2 N–H and O–H groups in total. The molecule has 3 heterocycles. The molecule has 1 aliphatic rings. The van der Waals surface area contributed by atoms with Crippen LogP contribution in [0.25, 0.3) is 11.5 Å². The molecule has 8 nitrogen and oxygen atoms in total. The fraction of sp³-hybridized carbons (Fsp3) is 0.429. The van der Waals surface area contributed by atoms with E-state index in [0.29, 0.717) is 24.9 Å². The van der Waals surface area contributed by atoms with E-state index in [4.69, 9.17) is 4.42 Å². The van der Waals surface area contributed by atoms with E-state index < -0.39 is 0 Å². The van der Waals surface area contributed by atoms with Crippen molar-refractivity contribution in [2.45, 2.75) is 52.2 Å². The van der Waals surface area contributed by atoms with Crippen molar-refractivity contribution in [1.29, 1.82) is 0 Å². The second-order valence-corrected chi connectivity index (χ2v) is 7.28. The minimum Gasteiger partial charge on any atom is -0.444 e. The molecule has 0 unspecified atom stereocenters. The van der Waals surface area contributed by atoms with Gasteiger partial charge < -0.3 is 19.6 Å². The first-order chi connectivity index (χ1) is 14.2. The number of fused-ring (bicyclic) bond motifs is 1. The SMILES string of the molecule is CN=C(NCc1coc(-c2ccc(C)cc2)n1)NCc1nnc2n1CCCCC2. The number of aromatic nitrogens is 4. The average Bonchev–Trinajstić information content (AvgIpc) is 3.29. The van der Waals surface area contributed by atoms with Gasteiger partial charge in [0.15, 0.2) is 11.8 Å². The second-order valence-electron chi connectivity index (χ2n) is 7.28. The molecule has 152 valence electrons. The van der Waals surface area contributed by atoms with Crippen LogP contribution in [0.1, 0.15) is 42.2 Å². The number of aliphatic imine (C=N–C) groups is 1. The summed E-state index contributed by atoms with van der Waals surface area (Å²) in [4.78, 5) is 8.84. The minimum atomic E-state index is 0.521. The van der Waals surface area contributed by atoms with Crippen LogP contribution in [0, 0.1) is 6.92 Å². The Labute approximate surface area is 170 Å². The lowest BCUT2D eigenvalue weighted by Gasteiger charge is -2.11. The molecule has 0 saturated heterocycles. The van der Waals surface area contributed by atoms with E-state index >= 15 is 0 Å². The molecule has 0 spiro atoms. The topological polar surface area (TPSA) is 93.2 Å². The Morgan fingerprint density at radius 2 is 1.93 bits per heavy atom. The fourth-order valence-electron chi connectivity index (χ4n) is 3.45. The number of rotatable bonds is 5.